The van der Waals surface area contributed by atoms with Crippen molar-refractivity contribution in [1.82, 2.24) is 15.0 Å². The molecule has 6 atom stereocenters. The number of Topliss-reactive ketones (excluding diaryl/α,β-unsaturated/α-hetero) is 1. The van der Waals surface area contributed by atoms with E-state index in [1.165, 1.54) is 58.5 Å². The first-order chi connectivity index (χ1) is 30.6. The van der Waals surface area contributed by atoms with Crippen molar-refractivity contribution in [3.63, 3.8) is 0 Å². The number of esters is 2. The minimum absolute atomic E-state index is 0. The van der Waals surface area contributed by atoms with E-state index in [9.17, 15) is 14.4 Å². The molecule has 0 aromatic carbocycles. The third kappa shape index (κ3) is 11.8. The van der Waals surface area contributed by atoms with Crippen molar-refractivity contribution >= 4 is 70.7 Å². The summed E-state index contributed by atoms with van der Waals surface area (Å²) in [5, 5.41) is 6.85. The van der Waals surface area contributed by atoms with Gasteiger partial charge in [-0.2, -0.15) is 11.4 Å². The van der Waals surface area contributed by atoms with Crippen LogP contribution in [-0.2, 0) is 25.5 Å². The Labute approximate surface area is 405 Å². The summed E-state index contributed by atoms with van der Waals surface area (Å²) in [6.45, 7) is 26.4. The third-order valence-corrected chi connectivity index (χ3v) is 14.5. The van der Waals surface area contributed by atoms with Gasteiger partial charge in [-0.3, -0.25) is 14.4 Å². The summed E-state index contributed by atoms with van der Waals surface area (Å²) in [5.74, 6) is -0.108. The second-order valence-electron chi connectivity index (χ2n) is 19.8. The normalized spacial score (nSPS) is 21.9. The van der Waals surface area contributed by atoms with Crippen LogP contribution in [0.25, 0.3) is 35.2 Å². The topological polar surface area (TPSA) is 126 Å². The Bertz CT molecular complexity index is 2390. The molecule has 1 aliphatic carbocycles. The number of nitrogens with zero attached hydrogens (tertiary/aromatic N) is 4. The number of hydrogen-bond donors (Lipinski definition) is 0. The molecule has 0 unspecified atom stereocenters. The molecule has 0 radical (unpaired) electrons. The van der Waals surface area contributed by atoms with Crippen molar-refractivity contribution in [2.24, 2.45) is 41.4 Å². The number of ether oxygens (including phenoxy) is 2. The Kier molecular flexibility index (Phi) is 18.5. The van der Waals surface area contributed by atoms with E-state index in [1.807, 2.05) is 38.2 Å². The van der Waals surface area contributed by atoms with E-state index in [2.05, 4.69) is 62.0 Å². The number of methoxy groups -OCH3 is 1. The van der Waals surface area contributed by atoms with E-state index in [0.29, 0.717) is 52.7 Å². The molecule has 6 rings (SSSR count). The molecule has 348 valence electrons. The smallest absolute Gasteiger partial charge is 0.664 e. The third-order valence-electron chi connectivity index (χ3n) is 14.5. The molecule has 5 heterocycles. The summed E-state index contributed by atoms with van der Waals surface area (Å²) in [5.41, 5.74) is 9.55. The van der Waals surface area contributed by atoms with Gasteiger partial charge in [0.2, 0.25) is 0 Å². The van der Waals surface area contributed by atoms with Crippen LogP contribution < -0.4 is 25.7 Å². The molecule has 0 saturated carbocycles. The summed E-state index contributed by atoms with van der Waals surface area (Å²) in [4.78, 5) is 56.7. The van der Waals surface area contributed by atoms with Gasteiger partial charge in [-0.25, -0.2) is 0 Å². The van der Waals surface area contributed by atoms with Crippen LogP contribution in [0.1, 0.15) is 186 Å². The number of aromatic nitrogens is 3. The quantitative estimate of drug-likeness (QED) is 0.0588. The zero-order chi connectivity index (χ0) is 46.4. The molecule has 3 aromatic heterocycles. The maximum Gasteiger partial charge on any atom is 2.00 e. The van der Waals surface area contributed by atoms with Crippen LogP contribution in [0.4, 0.5) is 0 Å². The molecule has 0 N–H and O–H groups in total. The van der Waals surface area contributed by atoms with Gasteiger partial charge in [0.25, 0.3) is 0 Å². The van der Waals surface area contributed by atoms with Crippen molar-refractivity contribution in [2.45, 2.75) is 153 Å². The number of carbonyl (C=O) groups is 3. The predicted octanol–water partition coefficient (Wildman–Crippen LogP) is 10.4. The summed E-state index contributed by atoms with van der Waals surface area (Å²) >= 11 is 0. The molecule has 2 aliphatic heterocycles. The summed E-state index contributed by atoms with van der Waals surface area (Å²) in [6.07, 6.45) is 21.6. The first kappa shape index (κ1) is 52.0. The van der Waals surface area contributed by atoms with E-state index in [-0.39, 0.29) is 53.1 Å². The summed E-state index contributed by atoms with van der Waals surface area (Å²) in [7, 11) is 1.30. The molecule has 3 aliphatic rings. The number of rotatable bonds is 21. The second kappa shape index (κ2) is 23.1. The molecule has 0 spiro atoms. The van der Waals surface area contributed by atoms with Crippen molar-refractivity contribution in [2.75, 3.05) is 13.7 Å². The van der Waals surface area contributed by atoms with E-state index in [0.717, 1.165) is 87.1 Å². The first-order valence-corrected chi connectivity index (χ1v) is 24.4. The largest absolute Gasteiger partial charge is 2.00 e. The molecular formula is C55H74MgN4O5-2. The Morgan fingerprint density at radius 3 is 1.98 bits per heavy atom. The maximum absolute atomic E-state index is 14.4. The van der Waals surface area contributed by atoms with Gasteiger partial charge in [0.15, 0.2) is 5.78 Å². The molecule has 8 bridgehead atoms. The molecule has 9 nitrogen and oxygen atoms in total. The fourth-order valence-corrected chi connectivity index (χ4v) is 10.3. The van der Waals surface area contributed by atoms with Crippen molar-refractivity contribution in [3.05, 3.63) is 90.1 Å². The molecule has 1 saturated heterocycles. The number of allylic oxidation sites excluding steroid dienone is 2. The minimum Gasteiger partial charge on any atom is -0.664 e. The van der Waals surface area contributed by atoms with Gasteiger partial charge < -0.3 is 29.7 Å². The molecule has 10 heteroatoms. The zero-order valence-corrected chi connectivity index (χ0v) is 42.9. The monoisotopic (exact) mass is 895 g/mol. The van der Waals surface area contributed by atoms with Crippen LogP contribution in [0.3, 0.4) is 0 Å². The standard InChI is InChI=1S/C55H75N4O5.Mg/c1-13-39-35(8)42-28-44-37(10)41(24-25-48(60)64-27-26-34(7)23-17-22-33(6)21-16-20-32(5)19-15-18-31(3)4)52(58-44)50-51(55(62)63-12)54(61)49-38(11)45(59-53(49)50)30-47-40(14-2)36(9)43(57-47)29-46(39)56-42;/h13,28-34,37,41,51H,1,14-27H2,2-12H3,(H-,58,59,61);/q-3;+2/p-1/b43-29-,44-28-,47-30-;/t32-,33-,34-,37+,41+,51-;/m1./s1. The Balaban J connectivity index is 0.00000793. The fourth-order valence-electron chi connectivity index (χ4n) is 10.3. The van der Waals surface area contributed by atoms with Gasteiger partial charge in [0.05, 0.1) is 13.7 Å². The minimum atomic E-state index is -1.21. The van der Waals surface area contributed by atoms with Crippen LogP contribution in [0.5, 0.6) is 0 Å². The van der Waals surface area contributed by atoms with Crippen LogP contribution in [0.15, 0.2) is 18.0 Å². The molecule has 3 aromatic rings. The average molecular weight is 896 g/mol. The predicted molar refractivity (Wildman–Crippen MR) is 265 cm³/mol. The molecular weight excluding hydrogens is 821 g/mol. The maximum atomic E-state index is 14.4. The van der Waals surface area contributed by atoms with Crippen LogP contribution >= 0.6 is 0 Å². The van der Waals surface area contributed by atoms with E-state index < -0.39 is 11.9 Å². The number of fused-ring (bicyclic) bond motifs is 7. The number of carbonyl (C=O) groups excluding carboxylic acids is 3. The Morgan fingerprint density at radius 1 is 0.785 bits per heavy atom. The van der Waals surface area contributed by atoms with E-state index in [4.69, 9.17) is 29.7 Å². The van der Waals surface area contributed by atoms with Gasteiger partial charge in [-0.05, 0) is 81.1 Å². The van der Waals surface area contributed by atoms with Gasteiger partial charge in [0.1, 0.15) is 5.92 Å². The zero-order valence-electron chi connectivity index (χ0n) is 41.5. The van der Waals surface area contributed by atoms with Gasteiger partial charge in [-0.15, -0.1) is 33.5 Å². The Hall–Kier alpha value is -4.02. The first-order valence-electron chi connectivity index (χ1n) is 24.4. The second-order valence-corrected chi connectivity index (χ2v) is 19.8. The van der Waals surface area contributed by atoms with E-state index in [1.54, 1.807) is 0 Å². The molecule has 1 fully saturated rings. The van der Waals surface area contributed by atoms with Gasteiger partial charge in [-0.1, -0.05) is 165 Å². The SMILES string of the molecule is C=Cc1c2[n-]c(c1C)/C=C1\[N-]/C(=C3\c4[n-]c(c(C)c4C(=O)[C@@H]3C(=O)OC)/C=c3\[n-]/c(c(C)c3CC)=C\2)[C@@H](CCC(=O)OCC[C@H](C)CCC[C@H](C)CCC[C@H](C)CCCC(C)C)[C@@H]1C.[Mg+2]. The van der Waals surface area contributed by atoms with Crippen molar-refractivity contribution in [1.29, 1.82) is 0 Å². The number of hydrogen-bond acceptors (Lipinski definition) is 5. The Morgan fingerprint density at radius 2 is 1.38 bits per heavy atom. The van der Waals surface area contributed by atoms with Crippen LogP contribution in [-0.4, -0.2) is 54.5 Å². The van der Waals surface area contributed by atoms with Crippen molar-refractivity contribution in [3.8, 4) is 0 Å². The molecule has 0 amide bonds. The fraction of sp³-hybridized carbons (Fsp3) is 0.582. The summed E-state index contributed by atoms with van der Waals surface area (Å²) < 4.78 is 11.1. The summed E-state index contributed by atoms with van der Waals surface area (Å²) in [6, 6.07) is 0. The average Bonchev–Trinajstić information content (AvgIpc) is 3.99. The van der Waals surface area contributed by atoms with Gasteiger partial charge >= 0.3 is 35.0 Å². The van der Waals surface area contributed by atoms with E-state index >= 15 is 0 Å². The van der Waals surface area contributed by atoms with Crippen LogP contribution in [0, 0.1) is 62.2 Å². The van der Waals surface area contributed by atoms with Crippen LogP contribution in [0.2, 0.25) is 0 Å². The molecule has 65 heavy (non-hydrogen) atoms. The van der Waals surface area contributed by atoms with Crippen molar-refractivity contribution < 1.29 is 23.9 Å². The number of ketones is 1. The van der Waals surface area contributed by atoms with Gasteiger partial charge in [0, 0.05) is 12.0 Å².